The van der Waals surface area contributed by atoms with Gasteiger partial charge in [0.05, 0.1) is 17.3 Å². The molecule has 28 heavy (non-hydrogen) atoms. The largest absolute Gasteiger partial charge is 0.423 e. The molecule has 1 heterocycles. The lowest BCUT2D eigenvalue weighted by molar-refractivity contribution is 0.0734. The number of nitrogens with zero attached hydrogens (tertiary/aromatic N) is 2. The Morgan fingerprint density at radius 1 is 0.964 bits per heavy atom. The molecular weight excluding hydrogens is 490 g/mol. The highest BCUT2D eigenvalue weighted by Crippen LogP contribution is 2.16. The summed E-state index contributed by atoms with van der Waals surface area (Å²) in [7, 11) is 0. The number of hydrazone groups is 1. The minimum absolute atomic E-state index is 0.371. The molecule has 1 aromatic heterocycles. The van der Waals surface area contributed by atoms with Gasteiger partial charge in [0, 0.05) is 21.3 Å². The van der Waals surface area contributed by atoms with E-state index >= 15 is 0 Å². The molecule has 0 saturated carbocycles. The average molecular weight is 503 g/mol. The van der Waals surface area contributed by atoms with Crippen LogP contribution in [-0.2, 0) is 0 Å². The molecule has 6 nitrogen and oxygen atoms in total. The predicted octanol–water partition coefficient (Wildman–Crippen LogP) is 4.59. The van der Waals surface area contributed by atoms with Gasteiger partial charge in [-0.15, -0.1) is 0 Å². The number of rotatable bonds is 5. The number of pyridine rings is 1. The van der Waals surface area contributed by atoms with Gasteiger partial charge in [0.2, 0.25) is 0 Å². The molecule has 3 rings (SSSR count). The topological polar surface area (TPSA) is 80.6 Å². The number of nitrogens with one attached hydrogen (secondary N) is 1. The van der Waals surface area contributed by atoms with E-state index < -0.39 is 5.97 Å². The fraction of sp³-hybridized carbons (Fsp3) is 0. The summed E-state index contributed by atoms with van der Waals surface area (Å²) in [5.74, 6) is -0.409. The smallest absolute Gasteiger partial charge is 0.343 e. The Bertz CT molecular complexity index is 1040. The summed E-state index contributed by atoms with van der Waals surface area (Å²) in [4.78, 5) is 28.0. The van der Waals surface area contributed by atoms with Gasteiger partial charge in [0.25, 0.3) is 5.91 Å². The van der Waals surface area contributed by atoms with Gasteiger partial charge in [-0.3, -0.25) is 9.78 Å². The van der Waals surface area contributed by atoms with Gasteiger partial charge in [0.1, 0.15) is 5.75 Å². The molecule has 0 atom stereocenters. The van der Waals surface area contributed by atoms with Crippen molar-refractivity contribution in [3.8, 4) is 5.75 Å². The van der Waals surface area contributed by atoms with Crippen molar-refractivity contribution in [2.45, 2.75) is 0 Å². The van der Waals surface area contributed by atoms with Crippen LogP contribution in [0.4, 0.5) is 0 Å². The Morgan fingerprint density at radius 2 is 1.71 bits per heavy atom. The monoisotopic (exact) mass is 501 g/mol. The number of esters is 1. The van der Waals surface area contributed by atoms with Gasteiger partial charge in [-0.2, -0.15) is 5.10 Å². The average Bonchev–Trinajstić information content (AvgIpc) is 2.69. The minimum Gasteiger partial charge on any atom is -0.423 e. The Labute approximate surface area is 177 Å². The van der Waals surface area contributed by atoms with E-state index in [1.165, 1.54) is 12.4 Å². The summed E-state index contributed by atoms with van der Waals surface area (Å²) >= 11 is 6.58. The summed E-state index contributed by atoms with van der Waals surface area (Å²) < 4.78 is 6.84. The first-order valence-electron chi connectivity index (χ1n) is 8.03. The first-order chi connectivity index (χ1) is 13.5. The second-order valence-corrected chi connectivity index (χ2v) is 7.39. The number of hydrogen-bond donors (Lipinski definition) is 1. The van der Waals surface area contributed by atoms with E-state index in [4.69, 9.17) is 4.74 Å². The maximum atomic E-state index is 12.1. The van der Waals surface area contributed by atoms with E-state index in [0.717, 1.165) is 10.0 Å². The Kier molecular flexibility index (Phi) is 6.67. The zero-order valence-corrected chi connectivity index (χ0v) is 17.5. The molecule has 0 saturated heterocycles. The number of hydrogen-bond acceptors (Lipinski definition) is 5. The Hall–Kier alpha value is -2.84. The highest BCUT2D eigenvalue weighted by Gasteiger charge is 2.09. The van der Waals surface area contributed by atoms with Crippen molar-refractivity contribution in [1.82, 2.24) is 10.4 Å². The third kappa shape index (κ3) is 5.58. The van der Waals surface area contributed by atoms with Gasteiger partial charge < -0.3 is 4.74 Å². The van der Waals surface area contributed by atoms with E-state index in [-0.39, 0.29) is 5.91 Å². The number of halogens is 2. The third-order valence-electron chi connectivity index (χ3n) is 3.50. The van der Waals surface area contributed by atoms with Crippen molar-refractivity contribution in [3.63, 3.8) is 0 Å². The van der Waals surface area contributed by atoms with Crippen LogP contribution < -0.4 is 10.2 Å². The number of aromatic nitrogens is 1. The van der Waals surface area contributed by atoms with Crippen molar-refractivity contribution in [1.29, 1.82) is 0 Å². The van der Waals surface area contributed by atoms with Gasteiger partial charge in [0.15, 0.2) is 0 Å². The fourth-order valence-corrected chi connectivity index (χ4v) is 2.93. The molecule has 0 spiro atoms. The SMILES string of the molecule is O=C(NN=Cc1ccc(OC(=O)c2cccc(Br)c2)cc1)c1cncc(Br)c1. The molecule has 0 radical (unpaired) electrons. The number of benzene rings is 2. The molecule has 2 aromatic carbocycles. The van der Waals surface area contributed by atoms with Gasteiger partial charge >= 0.3 is 5.97 Å². The molecule has 140 valence electrons. The number of ether oxygens (including phenoxy) is 1. The number of carbonyl (C=O) groups is 2. The van der Waals surface area contributed by atoms with Crippen LogP contribution in [0.5, 0.6) is 5.75 Å². The van der Waals surface area contributed by atoms with Gasteiger partial charge in [-0.1, -0.05) is 22.0 Å². The summed E-state index contributed by atoms with van der Waals surface area (Å²) in [6, 6.07) is 15.3. The second kappa shape index (κ2) is 9.38. The zero-order valence-electron chi connectivity index (χ0n) is 14.3. The maximum absolute atomic E-state index is 12.1. The van der Waals surface area contributed by atoms with Crippen molar-refractivity contribution in [2.24, 2.45) is 5.10 Å². The molecule has 0 aliphatic carbocycles. The minimum atomic E-state index is -0.447. The highest BCUT2D eigenvalue weighted by molar-refractivity contribution is 9.10. The summed E-state index contributed by atoms with van der Waals surface area (Å²) in [6.07, 6.45) is 4.53. The number of carbonyl (C=O) groups excluding carboxylic acids is 2. The summed E-state index contributed by atoms with van der Waals surface area (Å²) in [6.45, 7) is 0. The molecule has 0 aliphatic rings. The lowest BCUT2D eigenvalue weighted by atomic mass is 10.2. The zero-order chi connectivity index (χ0) is 19.9. The molecule has 0 bridgehead atoms. The number of amides is 1. The van der Waals surface area contributed by atoms with Crippen LogP contribution >= 0.6 is 31.9 Å². The lowest BCUT2D eigenvalue weighted by Crippen LogP contribution is -2.17. The molecule has 0 fully saturated rings. The lowest BCUT2D eigenvalue weighted by Gasteiger charge is -2.05. The van der Waals surface area contributed by atoms with Crippen LogP contribution in [0.2, 0.25) is 0 Å². The standard InChI is InChI=1S/C20H13Br2N3O3/c21-16-3-1-2-14(8-16)20(27)28-18-6-4-13(5-7-18)10-24-25-19(26)15-9-17(22)12-23-11-15/h1-12H,(H,25,26). The van der Waals surface area contributed by atoms with Crippen LogP contribution in [0, 0.1) is 0 Å². The first kappa shape index (κ1) is 19.9. The predicted molar refractivity (Wildman–Crippen MR) is 113 cm³/mol. The first-order valence-corrected chi connectivity index (χ1v) is 9.61. The molecular formula is C20H13Br2N3O3. The van der Waals surface area contributed by atoms with Crippen LogP contribution in [-0.4, -0.2) is 23.1 Å². The van der Waals surface area contributed by atoms with Crippen molar-refractivity contribution in [3.05, 3.63) is 92.6 Å². The normalized spacial score (nSPS) is 10.6. The second-order valence-electron chi connectivity index (χ2n) is 5.56. The van der Waals surface area contributed by atoms with E-state index in [0.29, 0.717) is 21.3 Å². The fourth-order valence-electron chi connectivity index (χ4n) is 2.17. The molecule has 0 unspecified atom stereocenters. The van der Waals surface area contributed by atoms with E-state index in [2.05, 4.69) is 47.4 Å². The summed E-state index contributed by atoms with van der Waals surface area (Å²) in [5.41, 5.74) is 4.00. The maximum Gasteiger partial charge on any atom is 0.343 e. The van der Waals surface area contributed by atoms with Crippen LogP contribution in [0.1, 0.15) is 26.3 Å². The molecule has 0 aliphatic heterocycles. The van der Waals surface area contributed by atoms with E-state index in [1.807, 2.05) is 6.07 Å². The Morgan fingerprint density at radius 3 is 2.43 bits per heavy atom. The van der Waals surface area contributed by atoms with Crippen LogP contribution in [0.15, 0.2) is 81.0 Å². The molecule has 8 heteroatoms. The molecule has 3 aromatic rings. The summed E-state index contributed by atoms with van der Waals surface area (Å²) in [5, 5.41) is 3.91. The quantitative estimate of drug-likeness (QED) is 0.239. The van der Waals surface area contributed by atoms with Crippen LogP contribution in [0.25, 0.3) is 0 Å². The van der Waals surface area contributed by atoms with E-state index in [1.54, 1.807) is 54.7 Å². The van der Waals surface area contributed by atoms with Crippen molar-refractivity contribution >= 4 is 50.0 Å². The molecule has 1 amide bonds. The highest BCUT2D eigenvalue weighted by atomic mass is 79.9. The Balaban J connectivity index is 1.57. The third-order valence-corrected chi connectivity index (χ3v) is 4.42. The van der Waals surface area contributed by atoms with Gasteiger partial charge in [-0.25, -0.2) is 10.2 Å². The molecule has 1 N–H and O–H groups in total. The van der Waals surface area contributed by atoms with Crippen LogP contribution in [0.3, 0.4) is 0 Å². The van der Waals surface area contributed by atoms with Crippen molar-refractivity contribution in [2.75, 3.05) is 0 Å². The van der Waals surface area contributed by atoms with Gasteiger partial charge in [-0.05, 0) is 70.0 Å². The van der Waals surface area contributed by atoms with Crippen molar-refractivity contribution < 1.29 is 14.3 Å². The van der Waals surface area contributed by atoms with E-state index in [9.17, 15) is 9.59 Å².